The van der Waals surface area contributed by atoms with E-state index >= 15 is 0 Å². The molecule has 2 heterocycles. The SMILES string of the molecule is COC(=O)c1c(C(F)F)nc(C(F)(F)F)c(C(=O)N2CCCC2)c1CC(C)C. The van der Waals surface area contributed by atoms with E-state index in [0.29, 0.717) is 12.8 Å². The van der Waals surface area contributed by atoms with E-state index in [0.717, 1.165) is 7.11 Å². The first-order chi connectivity index (χ1) is 13.0. The average molecular weight is 408 g/mol. The Morgan fingerprint density at radius 2 is 1.71 bits per heavy atom. The van der Waals surface area contributed by atoms with Gasteiger partial charge in [-0.3, -0.25) is 4.79 Å². The molecular formula is C18H21F5N2O3. The molecule has 1 aliphatic rings. The van der Waals surface area contributed by atoms with Crippen molar-refractivity contribution < 1.29 is 36.3 Å². The number of rotatable bonds is 5. The summed E-state index contributed by atoms with van der Waals surface area (Å²) in [6, 6.07) is 0. The molecule has 0 spiro atoms. The van der Waals surface area contributed by atoms with E-state index in [2.05, 4.69) is 9.72 Å². The normalized spacial score (nSPS) is 14.9. The number of likely N-dealkylation sites (tertiary alicyclic amines) is 1. The van der Waals surface area contributed by atoms with Crippen LogP contribution in [0.3, 0.4) is 0 Å². The molecular weight excluding hydrogens is 387 g/mol. The number of esters is 1. The Morgan fingerprint density at radius 3 is 2.14 bits per heavy atom. The standard InChI is InChI=1S/C18H21F5N2O3/c1-9(2)8-10-11(17(27)28-3)13(15(19)20)24-14(18(21,22)23)12(10)16(26)25-6-4-5-7-25/h9,15H,4-8H2,1-3H3. The largest absolute Gasteiger partial charge is 0.465 e. The number of methoxy groups -OCH3 is 1. The van der Waals surface area contributed by atoms with Gasteiger partial charge in [0.2, 0.25) is 0 Å². The highest BCUT2D eigenvalue weighted by molar-refractivity contribution is 6.02. The summed E-state index contributed by atoms with van der Waals surface area (Å²) in [5.41, 5.74) is -5.01. The first kappa shape index (κ1) is 22.0. The maximum Gasteiger partial charge on any atom is 0.434 e. The van der Waals surface area contributed by atoms with Crippen molar-refractivity contribution >= 4 is 11.9 Å². The molecule has 1 aliphatic heterocycles. The first-order valence-corrected chi connectivity index (χ1v) is 8.78. The van der Waals surface area contributed by atoms with Crippen LogP contribution in [0.1, 0.15) is 70.8 Å². The summed E-state index contributed by atoms with van der Waals surface area (Å²) < 4.78 is 72.6. The van der Waals surface area contributed by atoms with Crippen molar-refractivity contribution in [2.45, 2.75) is 45.7 Å². The van der Waals surface area contributed by atoms with E-state index in [1.54, 1.807) is 13.8 Å². The van der Waals surface area contributed by atoms with Crippen LogP contribution in [0.5, 0.6) is 0 Å². The van der Waals surface area contributed by atoms with Gasteiger partial charge in [-0.25, -0.2) is 18.6 Å². The van der Waals surface area contributed by atoms with Gasteiger partial charge in [-0.15, -0.1) is 0 Å². The second kappa shape index (κ2) is 8.40. The minimum absolute atomic E-state index is 0.190. The molecule has 0 bridgehead atoms. The second-order valence-corrected chi connectivity index (χ2v) is 6.96. The zero-order valence-corrected chi connectivity index (χ0v) is 15.7. The summed E-state index contributed by atoms with van der Waals surface area (Å²) in [5, 5.41) is 0. The predicted molar refractivity (Wildman–Crippen MR) is 89.2 cm³/mol. The van der Waals surface area contributed by atoms with Crippen LogP contribution < -0.4 is 0 Å². The second-order valence-electron chi connectivity index (χ2n) is 6.96. The van der Waals surface area contributed by atoms with Crippen LogP contribution in [-0.4, -0.2) is 42.0 Å². The molecule has 1 aromatic heterocycles. The summed E-state index contributed by atoms with van der Waals surface area (Å²) in [6.45, 7) is 3.78. The minimum Gasteiger partial charge on any atom is -0.465 e. The number of ether oxygens (including phenoxy) is 1. The lowest BCUT2D eigenvalue weighted by atomic mass is 9.90. The average Bonchev–Trinajstić information content (AvgIpc) is 3.12. The third-order valence-electron chi connectivity index (χ3n) is 4.41. The van der Waals surface area contributed by atoms with Crippen LogP contribution in [0.2, 0.25) is 0 Å². The van der Waals surface area contributed by atoms with Crippen LogP contribution in [0.25, 0.3) is 0 Å². The molecule has 5 nitrogen and oxygen atoms in total. The van der Waals surface area contributed by atoms with E-state index in [9.17, 15) is 31.5 Å². The van der Waals surface area contributed by atoms with Gasteiger partial charge in [0, 0.05) is 13.1 Å². The lowest BCUT2D eigenvalue weighted by Gasteiger charge is -2.24. The summed E-state index contributed by atoms with van der Waals surface area (Å²) in [6.07, 6.45) is -7.53. The van der Waals surface area contributed by atoms with Gasteiger partial charge in [0.15, 0.2) is 5.69 Å². The van der Waals surface area contributed by atoms with Crippen molar-refractivity contribution in [2.75, 3.05) is 20.2 Å². The molecule has 0 radical (unpaired) electrons. The molecule has 0 aromatic carbocycles. The van der Waals surface area contributed by atoms with Gasteiger partial charge in [0.1, 0.15) is 5.69 Å². The third kappa shape index (κ3) is 4.41. The van der Waals surface area contributed by atoms with Crippen LogP contribution >= 0.6 is 0 Å². The number of hydrogen-bond donors (Lipinski definition) is 0. The molecule has 0 saturated carbocycles. The summed E-state index contributed by atoms with van der Waals surface area (Å²) in [4.78, 5) is 29.4. The van der Waals surface area contributed by atoms with Gasteiger partial charge in [-0.2, -0.15) is 13.2 Å². The maximum atomic E-state index is 13.7. The number of alkyl halides is 5. The predicted octanol–water partition coefficient (Wildman–Crippen LogP) is 4.26. The van der Waals surface area contributed by atoms with Crippen molar-refractivity contribution in [1.29, 1.82) is 0 Å². The quantitative estimate of drug-likeness (QED) is 0.540. The van der Waals surface area contributed by atoms with Crippen LogP contribution in [0.15, 0.2) is 0 Å². The van der Waals surface area contributed by atoms with Crippen molar-refractivity contribution in [3.8, 4) is 0 Å². The van der Waals surface area contributed by atoms with E-state index in [1.807, 2.05) is 0 Å². The fraction of sp³-hybridized carbons (Fsp3) is 0.611. The topological polar surface area (TPSA) is 59.5 Å². The number of pyridine rings is 1. The molecule has 10 heteroatoms. The van der Waals surface area contributed by atoms with Gasteiger partial charge in [0.25, 0.3) is 12.3 Å². The number of nitrogens with zero attached hydrogens (tertiary/aromatic N) is 2. The third-order valence-corrected chi connectivity index (χ3v) is 4.41. The smallest absolute Gasteiger partial charge is 0.434 e. The summed E-state index contributed by atoms with van der Waals surface area (Å²) >= 11 is 0. The van der Waals surface area contributed by atoms with Crippen LogP contribution in [0, 0.1) is 5.92 Å². The van der Waals surface area contributed by atoms with Gasteiger partial charge in [-0.05, 0) is 30.7 Å². The monoisotopic (exact) mass is 408 g/mol. The number of hydrogen-bond acceptors (Lipinski definition) is 4. The lowest BCUT2D eigenvalue weighted by Crippen LogP contribution is -2.33. The molecule has 1 amide bonds. The van der Waals surface area contributed by atoms with E-state index in [1.165, 1.54) is 4.90 Å². The van der Waals surface area contributed by atoms with Gasteiger partial charge in [-0.1, -0.05) is 13.8 Å². The van der Waals surface area contributed by atoms with Gasteiger partial charge >= 0.3 is 12.1 Å². The summed E-state index contributed by atoms with van der Waals surface area (Å²) in [7, 11) is 0.927. The molecule has 0 aliphatic carbocycles. The molecule has 0 N–H and O–H groups in total. The van der Waals surface area contributed by atoms with Crippen molar-refractivity contribution in [3.05, 3.63) is 28.1 Å². The molecule has 0 atom stereocenters. The van der Waals surface area contributed by atoms with Crippen molar-refractivity contribution in [2.24, 2.45) is 5.92 Å². The Balaban J connectivity index is 2.90. The Bertz CT molecular complexity index is 757. The van der Waals surface area contributed by atoms with E-state index < -0.39 is 52.6 Å². The summed E-state index contributed by atoms with van der Waals surface area (Å²) in [5.74, 6) is -2.52. The van der Waals surface area contributed by atoms with E-state index in [4.69, 9.17) is 0 Å². The minimum atomic E-state index is -5.14. The number of halogens is 5. The Labute approximate surface area is 158 Å². The Hall–Kier alpha value is -2.26. The first-order valence-electron chi connectivity index (χ1n) is 8.78. The Morgan fingerprint density at radius 1 is 1.14 bits per heavy atom. The number of aromatic nitrogens is 1. The fourth-order valence-corrected chi connectivity index (χ4v) is 3.27. The lowest BCUT2D eigenvalue weighted by molar-refractivity contribution is -0.142. The van der Waals surface area contributed by atoms with E-state index in [-0.39, 0.29) is 25.4 Å². The van der Waals surface area contributed by atoms with Gasteiger partial charge in [0.05, 0.1) is 18.2 Å². The van der Waals surface area contributed by atoms with Gasteiger partial charge < -0.3 is 9.64 Å². The molecule has 2 rings (SSSR count). The van der Waals surface area contributed by atoms with Crippen molar-refractivity contribution in [3.63, 3.8) is 0 Å². The number of carbonyl (C=O) groups is 2. The molecule has 1 saturated heterocycles. The van der Waals surface area contributed by atoms with Crippen LogP contribution in [-0.2, 0) is 17.3 Å². The highest BCUT2D eigenvalue weighted by Gasteiger charge is 2.43. The van der Waals surface area contributed by atoms with Crippen molar-refractivity contribution in [1.82, 2.24) is 9.88 Å². The molecule has 1 fully saturated rings. The molecule has 1 aromatic rings. The Kier molecular flexibility index (Phi) is 6.61. The fourth-order valence-electron chi connectivity index (χ4n) is 3.27. The zero-order valence-electron chi connectivity index (χ0n) is 15.7. The molecule has 0 unspecified atom stereocenters. The molecule has 156 valence electrons. The maximum absolute atomic E-state index is 13.7. The molecule has 28 heavy (non-hydrogen) atoms. The number of carbonyl (C=O) groups excluding carboxylic acids is 2. The zero-order chi connectivity index (χ0) is 21.2. The number of amides is 1. The highest BCUT2D eigenvalue weighted by Crippen LogP contribution is 2.38. The van der Waals surface area contributed by atoms with Crippen LogP contribution in [0.4, 0.5) is 22.0 Å². The highest BCUT2D eigenvalue weighted by atomic mass is 19.4.